The number of carbonyl (C=O) groups excluding carboxylic acids is 1. The van der Waals surface area contributed by atoms with Gasteiger partial charge < -0.3 is 19.4 Å². The van der Waals surface area contributed by atoms with Crippen molar-refractivity contribution in [1.29, 1.82) is 0 Å². The van der Waals surface area contributed by atoms with Crippen LogP contribution in [0.25, 0.3) is 0 Å². The van der Waals surface area contributed by atoms with Crippen molar-refractivity contribution in [2.24, 2.45) is 28.6 Å². The highest BCUT2D eigenvalue weighted by atomic mass is 16.7. The Kier molecular flexibility index (Phi) is 3.27. The number of hydrogen-bond donors (Lipinski definition) is 1. The first kappa shape index (κ1) is 14.5. The average molecular weight is 282 g/mol. The summed E-state index contributed by atoms with van der Waals surface area (Å²) >= 11 is 0. The van der Waals surface area contributed by atoms with Crippen LogP contribution >= 0.6 is 0 Å². The highest BCUT2D eigenvalue weighted by molar-refractivity contribution is 5.62. The van der Waals surface area contributed by atoms with Crippen molar-refractivity contribution in [2.45, 2.75) is 45.8 Å². The third kappa shape index (κ3) is 1.56. The third-order valence-electron chi connectivity index (χ3n) is 6.61. The Morgan fingerprint density at radius 2 is 2.00 bits per heavy atom. The quantitative estimate of drug-likeness (QED) is 0.804. The van der Waals surface area contributed by atoms with E-state index < -0.39 is 11.2 Å². The van der Waals surface area contributed by atoms with Crippen LogP contribution < -0.4 is 0 Å². The van der Waals surface area contributed by atoms with Crippen molar-refractivity contribution in [3.8, 4) is 0 Å². The molecule has 4 heteroatoms. The second-order valence-corrected chi connectivity index (χ2v) is 7.35. The molecule has 0 amide bonds. The predicted molar refractivity (Wildman–Crippen MR) is 74.0 cm³/mol. The van der Waals surface area contributed by atoms with Crippen molar-refractivity contribution in [1.82, 2.24) is 0 Å². The molecule has 4 nitrogen and oxygen atoms in total. The number of fused-ring (bicyclic) bond motifs is 2. The summed E-state index contributed by atoms with van der Waals surface area (Å²) in [6, 6.07) is 0. The zero-order valence-corrected chi connectivity index (χ0v) is 12.7. The Labute approximate surface area is 120 Å². The second kappa shape index (κ2) is 4.52. The lowest BCUT2D eigenvalue weighted by molar-refractivity contribution is -0.215. The average Bonchev–Trinajstić information content (AvgIpc) is 3.09. The third-order valence-corrected chi connectivity index (χ3v) is 6.61. The molecule has 114 valence electrons. The van der Waals surface area contributed by atoms with Crippen LogP contribution in [-0.2, 0) is 14.3 Å². The van der Waals surface area contributed by atoms with Crippen LogP contribution in [-0.4, -0.2) is 37.0 Å². The predicted octanol–water partition coefficient (Wildman–Crippen LogP) is 2.00. The molecule has 2 saturated carbocycles. The molecule has 3 rings (SSSR count). The number of aldehydes is 1. The lowest BCUT2D eigenvalue weighted by Gasteiger charge is -2.43. The van der Waals surface area contributed by atoms with Gasteiger partial charge in [0, 0.05) is 24.4 Å². The van der Waals surface area contributed by atoms with Gasteiger partial charge in [0.25, 0.3) is 0 Å². The largest absolute Gasteiger partial charge is 0.396 e. The fraction of sp³-hybridized carbons (Fsp3) is 0.938. The van der Waals surface area contributed by atoms with E-state index in [2.05, 4.69) is 20.8 Å². The number of hydrogen-bond acceptors (Lipinski definition) is 4. The molecular weight excluding hydrogens is 256 g/mol. The molecule has 0 aromatic rings. The van der Waals surface area contributed by atoms with Crippen molar-refractivity contribution < 1.29 is 19.4 Å². The van der Waals surface area contributed by atoms with Gasteiger partial charge in [0.2, 0.25) is 0 Å². The summed E-state index contributed by atoms with van der Waals surface area (Å²) in [5.74, 6) is -0.0725. The first-order valence-corrected chi connectivity index (χ1v) is 7.80. The van der Waals surface area contributed by atoms with Crippen LogP contribution in [0.3, 0.4) is 0 Å². The number of carbonyl (C=O) groups is 1. The maximum absolute atomic E-state index is 11.9. The summed E-state index contributed by atoms with van der Waals surface area (Å²) in [5, 5.41) is 9.73. The van der Waals surface area contributed by atoms with E-state index in [1.54, 1.807) is 0 Å². The molecule has 0 unspecified atom stereocenters. The summed E-state index contributed by atoms with van der Waals surface area (Å²) in [6.07, 6.45) is 3.92. The molecule has 1 spiro atoms. The van der Waals surface area contributed by atoms with E-state index in [4.69, 9.17) is 9.47 Å². The van der Waals surface area contributed by atoms with Gasteiger partial charge in [-0.25, -0.2) is 0 Å². The van der Waals surface area contributed by atoms with E-state index in [1.165, 1.54) is 0 Å². The van der Waals surface area contributed by atoms with E-state index in [0.29, 0.717) is 19.1 Å². The molecular formula is C16H26O4. The Morgan fingerprint density at radius 3 is 2.55 bits per heavy atom. The molecule has 0 aromatic heterocycles. The molecule has 0 aromatic carbocycles. The Bertz CT molecular complexity index is 403. The van der Waals surface area contributed by atoms with Crippen LogP contribution in [0, 0.1) is 28.6 Å². The van der Waals surface area contributed by atoms with Gasteiger partial charge in [-0.2, -0.15) is 0 Å². The lowest BCUT2D eigenvalue weighted by atomic mass is 9.64. The summed E-state index contributed by atoms with van der Waals surface area (Å²) < 4.78 is 12.0. The van der Waals surface area contributed by atoms with E-state index in [1.807, 2.05) is 0 Å². The molecule has 3 fully saturated rings. The Morgan fingerprint density at radius 1 is 1.35 bits per heavy atom. The maximum atomic E-state index is 11.9. The zero-order valence-electron chi connectivity index (χ0n) is 12.7. The molecule has 1 N–H and O–H groups in total. The second-order valence-electron chi connectivity index (χ2n) is 7.35. The summed E-state index contributed by atoms with van der Waals surface area (Å²) in [6.45, 7) is 7.70. The molecule has 1 heterocycles. The van der Waals surface area contributed by atoms with Crippen LogP contribution in [0.2, 0.25) is 0 Å². The van der Waals surface area contributed by atoms with E-state index in [0.717, 1.165) is 25.5 Å². The van der Waals surface area contributed by atoms with Gasteiger partial charge in [-0.3, -0.25) is 0 Å². The van der Waals surface area contributed by atoms with Gasteiger partial charge >= 0.3 is 0 Å². The lowest BCUT2D eigenvalue weighted by Crippen LogP contribution is -2.49. The minimum absolute atomic E-state index is 0.0336. The molecule has 5 atom stereocenters. The van der Waals surface area contributed by atoms with E-state index >= 15 is 0 Å². The van der Waals surface area contributed by atoms with Gasteiger partial charge in [-0.1, -0.05) is 20.8 Å². The van der Waals surface area contributed by atoms with Crippen molar-refractivity contribution in [3.05, 3.63) is 0 Å². The molecule has 2 aliphatic carbocycles. The minimum Gasteiger partial charge on any atom is -0.396 e. The fourth-order valence-electron chi connectivity index (χ4n) is 5.40. The first-order chi connectivity index (χ1) is 9.45. The molecule has 1 saturated heterocycles. The molecule has 3 aliphatic rings. The number of aliphatic hydroxyl groups is 1. The number of ether oxygens (including phenoxy) is 2. The first-order valence-electron chi connectivity index (χ1n) is 7.80. The standard InChI is InChI=1S/C16H26O4/c1-11-8-15(12(2)9-17)4-5-16(19-6-7-20-16)13(15)14(11,3)10-18/h10-13,17H,4-9H2,1-3H3/t11-,12-,13+,14-,15-/m1/s1. The van der Waals surface area contributed by atoms with Gasteiger partial charge in [0.15, 0.2) is 5.79 Å². The molecule has 20 heavy (non-hydrogen) atoms. The maximum Gasteiger partial charge on any atom is 0.172 e. The highest BCUT2D eigenvalue weighted by Gasteiger charge is 2.72. The summed E-state index contributed by atoms with van der Waals surface area (Å²) in [4.78, 5) is 11.9. The Hall–Kier alpha value is -0.450. The fourth-order valence-corrected chi connectivity index (χ4v) is 5.40. The van der Waals surface area contributed by atoms with Gasteiger partial charge in [0.1, 0.15) is 6.29 Å². The summed E-state index contributed by atoms with van der Waals surface area (Å²) in [7, 11) is 0. The van der Waals surface area contributed by atoms with Gasteiger partial charge in [0.05, 0.1) is 13.2 Å². The smallest absolute Gasteiger partial charge is 0.172 e. The number of rotatable bonds is 3. The number of aliphatic hydroxyl groups excluding tert-OH is 1. The minimum atomic E-state index is -0.593. The molecule has 1 aliphatic heterocycles. The monoisotopic (exact) mass is 282 g/mol. The van der Waals surface area contributed by atoms with Gasteiger partial charge in [-0.05, 0) is 30.1 Å². The van der Waals surface area contributed by atoms with Crippen molar-refractivity contribution in [2.75, 3.05) is 19.8 Å². The van der Waals surface area contributed by atoms with E-state index in [-0.39, 0.29) is 23.9 Å². The van der Waals surface area contributed by atoms with Crippen LogP contribution in [0.15, 0.2) is 0 Å². The SMILES string of the molecule is C[C@@H]1C[C@@]2([C@H](C)CO)CCC3(OCCO3)[C@H]2[C@]1(C)C=O. The van der Waals surface area contributed by atoms with Crippen molar-refractivity contribution >= 4 is 6.29 Å². The normalized spacial score (nSPS) is 47.6. The van der Waals surface area contributed by atoms with Gasteiger partial charge in [-0.15, -0.1) is 0 Å². The molecule has 0 radical (unpaired) electrons. The topological polar surface area (TPSA) is 55.8 Å². The zero-order chi connectivity index (χ0) is 14.6. The Balaban J connectivity index is 2.09. The summed E-state index contributed by atoms with van der Waals surface area (Å²) in [5.41, 5.74) is -0.460. The molecule has 0 bridgehead atoms. The van der Waals surface area contributed by atoms with Crippen LogP contribution in [0.5, 0.6) is 0 Å². The highest BCUT2D eigenvalue weighted by Crippen LogP contribution is 2.71. The van der Waals surface area contributed by atoms with Crippen molar-refractivity contribution in [3.63, 3.8) is 0 Å². The van der Waals surface area contributed by atoms with Crippen LogP contribution in [0.1, 0.15) is 40.0 Å². The van der Waals surface area contributed by atoms with Crippen LogP contribution in [0.4, 0.5) is 0 Å². The van der Waals surface area contributed by atoms with E-state index in [9.17, 15) is 9.90 Å².